The van der Waals surface area contributed by atoms with Gasteiger partial charge in [0.2, 0.25) is 0 Å². The number of aliphatic hydroxyl groups is 1. The zero-order valence-electron chi connectivity index (χ0n) is 6.65. The summed E-state index contributed by atoms with van der Waals surface area (Å²) in [5, 5.41) is 15.5. The van der Waals surface area contributed by atoms with E-state index in [0.717, 1.165) is 0 Å². The first-order chi connectivity index (χ1) is 5.74. The molecule has 0 bridgehead atoms. The number of nitrogens with one attached hydrogen (secondary N) is 1. The van der Waals surface area contributed by atoms with Crippen LogP contribution >= 0.6 is 0 Å². The lowest BCUT2D eigenvalue weighted by Crippen LogP contribution is -2.08. The van der Waals surface area contributed by atoms with Crippen LogP contribution in [0.5, 0.6) is 0 Å². The quantitative estimate of drug-likeness (QED) is 0.626. The first kappa shape index (κ1) is 8.73. The van der Waals surface area contributed by atoms with E-state index in [1.165, 1.54) is 13.3 Å². The molecule has 1 unspecified atom stereocenters. The lowest BCUT2D eigenvalue weighted by Gasteiger charge is -2.05. The van der Waals surface area contributed by atoms with Crippen molar-refractivity contribution < 1.29 is 14.6 Å². The lowest BCUT2D eigenvalue weighted by atomic mass is 10.2. The average molecular weight is 170 g/mol. The molecule has 1 rings (SSSR count). The van der Waals surface area contributed by atoms with Gasteiger partial charge in [0, 0.05) is 6.20 Å². The van der Waals surface area contributed by atoms with Crippen molar-refractivity contribution in [3.63, 3.8) is 0 Å². The second-order valence-corrected chi connectivity index (χ2v) is 2.31. The van der Waals surface area contributed by atoms with E-state index in [0.29, 0.717) is 5.69 Å². The zero-order valence-corrected chi connectivity index (χ0v) is 6.65. The van der Waals surface area contributed by atoms with E-state index in [9.17, 15) is 9.90 Å². The summed E-state index contributed by atoms with van der Waals surface area (Å²) in [5.74, 6) is -0.447. The van der Waals surface area contributed by atoms with Gasteiger partial charge in [0.05, 0.1) is 19.2 Å². The SMILES string of the molecule is COC(=O)CC(O)c1ccn[nH]1. The first-order valence-electron chi connectivity index (χ1n) is 3.48. The van der Waals surface area contributed by atoms with E-state index >= 15 is 0 Å². The fourth-order valence-electron chi connectivity index (χ4n) is 0.803. The van der Waals surface area contributed by atoms with Gasteiger partial charge in [-0.3, -0.25) is 9.89 Å². The van der Waals surface area contributed by atoms with Gasteiger partial charge in [0.1, 0.15) is 6.10 Å². The molecular formula is C7H10N2O3. The average Bonchev–Trinajstić information content (AvgIpc) is 2.56. The molecule has 0 aromatic carbocycles. The molecule has 0 saturated carbocycles. The van der Waals surface area contributed by atoms with Crippen molar-refractivity contribution >= 4 is 5.97 Å². The minimum atomic E-state index is -0.861. The molecule has 5 heteroatoms. The molecule has 0 radical (unpaired) electrons. The molecule has 1 aromatic rings. The predicted octanol–water partition coefficient (Wildman–Crippen LogP) is 0.00620. The van der Waals surface area contributed by atoms with Crippen LogP contribution in [-0.2, 0) is 9.53 Å². The third kappa shape index (κ3) is 2.06. The van der Waals surface area contributed by atoms with Crippen molar-refractivity contribution in [2.45, 2.75) is 12.5 Å². The van der Waals surface area contributed by atoms with Gasteiger partial charge in [-0.15, -0.1) is 0 Å². The standard InChI is InChI=1S/C7H10N2O3/c1-12-7(11)4-6(10)5-2-3-8-9-5/h2-3,6,10H,4H2,1H3,(H,8,9). The highest BCUT2D eigenvalue weighted by molar-refractivity contribution is 5.69. The number of aromatic nitrogens is 2. The molecule has 66 valence electrons. The van der Waals surface area contributed by atoms with Gasteiger partial charge in [0.25, 0.3) is 0 Å². The summed E-state index contributed by atoms with van der Waals surface area (Å²) in [7, 11) is 1.28. The Morgan fingerprint density at radius 3 is 3.17 bits per heavy atom. The zero-order chi connectivity index (χ0) is 8.97. The minimum absolute atomic E-state index is 0.0569. The van der Waals surface area contributed by atoms with Gasteiger partial charge in [-0.1, -0.05) is 0 Å². The molecule has 1 atom stereocenters. The Morgan fingerprint density at radius 2 is 2.67 bits per heavy atom. The van der Waals surface area contributed by atoms with Crippen molar-refractivity contribution in [1.29, 1.82) is 0 Å². The highest BCUT2D eigenvalue weighted by atomic mass is 16.5. The van der Waals surface area contributed by atoms with Gasteiger partial charge >= 0.3 is 5.97 Å². The van der Waals surface area contributed by atoms with Crippen LogP contribution in [0.3, 0.4) is 0 Å². The number of rotatable bonds is 3. The van der Waals surface area contributed by atoms with Crippen LogP contribution in [0.25, 0.3) is 0 Å². The summed E-state index contributed by atoms with van der Waals surface area (Å²) in [6.07, 6.45) is 0.592. The Balaban J connectivity index is 2.49. The van der Waals surface area contributed by atoms with Crippen molar-refractivity contribution in [2.24, 2.45) is 0 Å². The van der Waals surface area contributed by atoms with Gasteiger partial charge in [0.15, 0.2) is 0 Å². The second-order valence-electron chi connectivity index (χ2n) is 2.31. The van der Waals surface area contributed by atoms with E-state index < -0.39 is 12.1 Å². The van der Waals surface area contributed by atoms with Crippen LogP contribution in [0.1, 0.15) is 18.2 Å². The molecule has 0 aliphatic carbocycles. The Bertz CT molecular complexity index is 245. The fourth-order valence-corrected chi connectivity index (χ4v) is 0.803. The summed E-state index contributed by atoms with van der Waals surface area (Å²) in [4.78, 5) is 10.7. The van der Waals surface area contributed by atoms with E-state index in [2.05, 4.69) is 14.9 Å². The van der Waals surface area contributed by atoms with Crippen LogP contribution in [0.2, 0.25) is 0 Å². The van der Waals surface area contributed by atoms with Gasteiger partial charge in [-0.2, -0.15) is 5.10 Å². The smallest absolute Gasteiger partial charge is 0.308 e. The normalized spacial score (nSPS) is 12.5. The molecule has 2 N–H and O–H groups in total. The Labute approximate surface area is 69.4 Å². The van der Waals surface area contributed by atoms with Crippen LogP contribution in [0, 0.1) is 0 Å². The molecule has 1 aromatic heterocycles. The van der Waals surface area contributed by atoms with E-state index in [4.69, 9.17) is 0 Å². The minimum Gasteiger partial charge on any atom is -0.469 e. The molecule has 0 saturated heterocycles. The fraction of sp³-hybridized carbons (Fsp3) is 0.429. The van der Waals surface area contributed by atoms with Gasteiger partial charge < -0.3 is 9.84 Å². The van der Waals surface area contributed by atoms with Crippen molar-refractivity contribution in [3.05, 3.63) is 18.0 Å². The largest absolute Gasteiger partial charge is 0.469 e. The van der Waals surface area contributed by atoms with Crippen molar-refractivity contribution in [3.8, 4) is 0 Å². The molecule has 0 amide bonds. The Morgan fingerprint density at radius 1 is 1.92 bits per heavy atom. The summed E-state index contributed by atoms with van der Waals surface area (Å²) in [6.45, 7) is 0. The van der Waals surface area contributed by atoms with E-state index in [1.807, 2.05) is 0 Å². The Hall–Kier alpha value is -1.36. The predicted molar refractivity (Wildman–Crippen MR) is 40.2 cm³/mol. The highest BCUT2D eigenvalue weighted by Crippen LogP contribution is 2.12. The number of ether oxygens (including phenoxy) is 1. The second kappa shape index (κ2) is 3.87. The van der Waals surface area contributed by atoms with Crippen LogP contribution in [0.15, 0.2) is 12.3 Å². The maximum absolute atomic E-state index is 10.7. The third-order valence-electron chi connectivity index (χ3n) is 1.47. The molecule has 5 nitrogen and oxygen atoms in total. The number of carbonyl (C=O) groups is 1. The molecular weight excluding hydrogens is 160 g/mol. The maximum Gasteiger partial charge on any atom is 0.308 e. The number of nitrogens with zero attached hydrogens (tertiary/aromatic N) is 1. The molecule has 1 heterocycles. The lowest BCUT2D eigenvalue weighted by molar-refractivity contribution is -0.142. The number of aliphatic hydroxyl groups excluding tert-OH is 1. The van der Waals surface area contributed by atoms with Crippen molar-refractivity contribution in [1.82, 2.24) is 10.2 Å². The van der Waals surface area contributed by atoms with Gasteiger partial charge in [-0.25, -0.2) is 0 Å². The number of hydrogen-bond acceptors (Lipinski definition) is 4. The number of aromatic amines is 1. The highest BCUT2D eigenvalue weighted by Gasteiger charge is 2.13. The number of H-pyrrole nitrogens is 1. The number of esters is 1. The Kier molecular flexibility index (Phi) is 2.82. The molecule has 0 aliphatic rings. The van der Waals surface area contributed by atoms with Crippen LogP contribution < -0.4 is 0 Å². The first-order valence-corrected chi connectivity index (χ1v) is 3.48. The van der Waals surface area contributed by atoms with Crippen LogP contribution in [-0.4, -0.2) is 28.4 Å². The maximum atomic E-state index is 10.7. The third-order valence-corrected chi connectivity index (χ3v) is 1.47. The van der Waals surface area contributed by atoms with Gasteiger partial charge in [-0.05, 0) is 6.07 Å². The number of hydrogen-bond donors (Lipinski definition) is 2. The van der Waals surface area contributed by atoms with Crippen molar-refractivity contribution in [2.75, 3.05) is 7.11 Å². The van der Waals surface area contributed by atoms with E-state index in [-0.39, 0.29) is 6.42 Å². The van der Waals surface area contributed by atoms with Crippen LogP contribution in [0.4, 0.5) is 0 Å². The monoisotopic (exact) mass is 170 g/mol. The summed E-state index contributed by atoms with van der Waals surface area (Å²) >= 11 is 0. The number of carbonyl (C=O) groups excluding carboxylic acids is 1. The molecule has 0 fully saturated rings. The topological polar surface area (TPSA) is 75.2 Å². The molecule has 0 aliphatic heterocycles. The molecule has 12 heavy (non-hydrogen) atoms. The van der Waals surface area contributed by atoms with E-state index in [1.54, 1.807) is 6.07 Å². The molecule has 0 spiro atoms. The summed E-state index contributed by atoms with van der Waals surface area (Å²) in [6, 6.07) is 1.60. The summed E-state index contributed by atoms with van der Waals surface area (Å²) < 4.78 is 4.39. The number of methoxy groups -OCH3 is 1. The summed E-state index contributed by atoms with van der Waals surface area (Å²) in [5.41, 5.74) is 0.514.